The number of rotatable bonds is 6. The second kappa shape index (κ2) is 6.71. The minimum atomic E-state index is -3.42. The fraction of sp³-hybridized carbons (Fsp3) is 0.833. The maximum atomic E-state index is 12.1. The van der Waals surface area contributed by atoms with E-state index in [9.17, 15) is 18.0 Å². The smallest absolute Gasteiger partial charge is 0.303 e. The number of nitrogens with zero attached hydrogens (tertiary/aromatic N) is 2. The lowest BCUT2D eigenvalue weighted by Crippen LogP contribution is -2.51. The van der Waals surface area contributed by atoms with Crippen molar-refractivity contribution < 1.29 is 27.9 Å². The van der Waals surface area contributed by atoms with Crippen LogP contribution in [-0.2, 0) is 24.3 Å². The molecule has 0 aromatic rings. The van der Waals surface area contributed by atoms with Gasteiger partial charge in [0.05, 0.1) is 25.4 Å². The zero-order valence-electron chi connectivity index (χ0n) is 11.7. The van der Waals surface area contributed by atoms with Crippen LogP contribution in [0.2, 0.25) is 0 Å². The third-order valence-electron chi connectivity index (χ3n) is 3.71. The fourth-order valence-electron chi connectivity index (χ4n) is 2.48. The highest BCUT2D eigenvalue weighted by Gasteiger charge is 2.33. The van der Waals surface area contributed by atoms with Crippen LogP contribution in [0.15, 0.2) is 0 Å². The predicted octanol–water partition coefficient (Wildman–Crippen LogP) is -1.03. The third kappa shape index (κ3) is 4.39. The lowest BCUT2D eigenvalue weighted by molar-refractivity contribution is -0.144. The van der Waals surface area contributed by atoms with Crippen molar-refractivity contribution in [3.05, 3.63) is 0 Å². The molecule has 1 amide bonds. The van der Waals surface area contributed by atoms with Crippen molar-refractivity contribution in [2.24, 2.45) is 5.92 Å². The summed E-state index contributed by atoms with van der Waals surface area (Å²) in [6.07, 6.45) is -0.00462. The Morgan fingerprint density at radius 2 is 1.81 bits per heavy atom. The summed E-state index contributed by atoms with van der Waals surface area (Å²) < 4.78 is 30.6. The fourth-order valence-corrected chi connectivity index (χ4v) is 3.87. The Kier molecular flexibility index (Phi) is 5.17. The van der Waals surface area contributed by atoms with Crippen molar-refractivity contribution in [3.8, 4) is 0 Å². The molecule has 21 heavy (non-hydrogen) atoms. The summed E-state index contributed by atoms with van der Waals surface area (Å²) in [6.45, 7) is 2.25. The van der Waals surface area contributed by atoms with Gasteiger partial charge in [0.2, 0.25) is 15.9 Å². The molecular formula is C12H20N2O6S. The highest BCUT2D eigenvalue weighted by molar-refractivity contribution is 7.89. The Hall–Kier alpha value is -1.19. The highest BCUT2D eigenvalue weighted by Crippen LogP contribution is 2.20. The van der Waals surface area contributed by atoms with Crippen LogP contribution in [0.5, 0.6) is 0 Å². The number of carbonyl (C=O) groups is 2. The van der Waals surface area contributed by atoms with Crippen LogP contribution in [0, 0.1) is 5.92 Å². The molecule has 2 fully saturated rings. The average Bonchev–Trinajstić information content (AvgIpc) is 2.40. The standard InChI is InChI=1S/C12H20N2O6S/c15-11(13-8-10(9-13)7-12(16)17)1-6-21(18,19)14-2-4-20-5-3-14/h10H,1-9H2,(H,16,17). The molecule has 0 radical (unpaired) electrons. The Balaban J connectivity index is 1.73. The van der Waals surface area contributed by atoms with Crippen LogP contribution < -0.4 is 0 Å². The van der Waals surface area contributed by atoms with Gasteiger partial charge in [0.1, 0.15) is 0 Å². The van der Waals surface area contributed by atoms with E-state index < -0.39 is 16.0 Å². The second-order valence-electron chi connectivity index (χ2n) is 5.34. The van der Waals surface area contributed by atoms with Crippen LogP contribution >= 0.6 is 0 Å². The zero-order chi connectivity index (χ0) is 15.5. The van der Waals surface area contributed by atoms with Gasteiger partial charge >= 0.3 is 5.97 Å². The van der Waals surface area contributed by atoms with Crippen LogP contribution in [0.1, 0.15) is 12.8 Å². The van der Waals surface area contributed by atoms with Crippen molar-refractivity contribution >= 4 is 21.9 Å². The van der Waals surface area contributed by atoms with Crippen molar-refractivity contribution in [1.29, 1.82) is 0 Å². The zero-order valence-corrected chi connectivity index (χ0v) is 12.5. The second-order valence-corrected chi connectivity index (χ2v) is 7.43. The average molecular weight is 320 g/mol. The van der Waals surface area contributed by atoms with E-state index in [0.29, 0.717) is 39.4 Å². The van der Waals surface area contributed by atoms with Gasteiger partial charge in [0.15, 0.2) is 0 Å². The maximum Gasteiger partial charge on any atom is 0.303 e. The van der Waals surface area contributed by atoms with Gasteiger partial charge in [-0.2, -0.15) is 4.31 Å². The molecule has 2 saturated heterocycles. The van der Waals surface area contributed by atoms with Crippen LogP contribution in [-0.4, -0.2) is 79.8 Å². The summed E-state index contributed by atoms with van der Waals surface area (Å²) in [7, 11) is -3.42. The number of likely N-dealkylation sites (tertiary alicyclic amines) is 1. The van der Waals surface area contributed by atoms with E-state index in [4.69, 9.17) is 9.84 Å². The molecule has 2 aliphatic heterocycles. The molecule has 9 heteroatoms. The van der Waals surface area contributed by atoms with Gasteiger partial charge in [-0.3, -0.25) is 9.59 Å². The number of hydrogen-bond acceptors (Lipinski definition) is 5. The summed E-state index contributed by atoms with van der Waals surface area (Å²) >= 11 is 0. The predicted molar refractivity (Wildman–Crippen MR) is 73.1 cm³/mol. The van der Waals surface area contributed by atoms with E-state index in [1.54, 1.807) is 0 Å². The van der Waals surface area contributed by atoms with Gasteiger partial charge in [-0.15, -0.1) is 0 Å². The molecule has 2 rings (SSSR count). The molecule has 0 atom stereocenters. The summed E-state index contributed by atoms with van der Waals surface area (Å²) in [5, 5.41) is 8.63. The third-order valence-corrected chi connectivity index (χ3v) is 5.58. The molecule has 0 aromatic heterocycles. The number of carbonyl (C=O) groups excluding carboxylic acids is 1. The maximum absolute atomic E-state index is 12.1. The van der Waals surface area contributed by atoms with Crippen LogP contribution in [0.4, 0.5) is 0 Å². The van der Waals surface area contributed by atoms with Crippen LogP contribution in [0.25, 0.3) is 0 Å². The largest absolute Gasteiger partial charge is 0.481 e. The first-order valence-electron chi connectivity index (χ1n) is 6.93. The molecule has 8 nitrogen and oxygen atoms in total. The molecule has 0 aliphatic carbocycles. The molecule has 0 saturated carbocycles. The monoisotopic (exact) mass is 320 g/mol. The SMILES string of the molecule is O=C(O)CC1CN(C(=O)CCS(=O)(=O)N2CCOCC2)C1. The Morgan fingerprint density at radius 1 is 1.19 bits per heavy atom. The Labute approximate surface area is 123 Å². The van der Waals surface area contributed by atoms with E-state index in [1.807, 2.05) is 0 Å². The molecule has 120 valence electrons. The van der Waals surface area contributed by atoms with E-state index in [0.717, 1.165) is 0 Å². The van der Waals surface area contributed by atoms with Gasteiger partial charge in [-0.05, 0) is 0 Å². The number of aliphatic carboxylic acids is 1. The highest BCUT2D eigenvalue weighted by atomic mass is 32.2. The number of ether oxygens (including phenoxy) is 1. The first kappa shape index (κ1) is 16.2. The summed E-state index contributed by atoms with van der Waals surface area (Å²) in [5.74, 6) is -1.32. The number of carboxylic acids is 1. The number of carboxylic acid groups (broad SMARTS) is 1. The van der Waals surface area contributed by atoms with E-state index in [2.05, 4.69) is 0 Å². The molecule has 0 unspecified atom stereocenters. The normalized spacial score (nSPS) is 21.0. The van der Waals surface area contributed by atoms with Crippen molar-refractivity contribution in [2.75, 3.05) is 45.1 Å². The number of hydrogen-bond donors (Lipinski definition) is 1. The van der Waals surface area contributed by atoms with E-state index in [-0.39, 0.29) is 30.4 Å². The van der Waals surface area contributed by atoms with Crippen molar-refractivity contribution in [1.82, 2.24) is 9.21 Å². The molecule has 2 aliphatic rings. The Bertz CT molecular complexity index is 494. The van der Waals surface area contributed by atoms with Gasteiger partial charge in [0.25, 0.3) is 0 Å². The van der Waals surface area contributed by atoms with Crippen molar-refractivity contribution in [3.63, 3.8) is 0 Å². The number of sulfonamides is 1. The first-order chi connectivity index (χ1) is 9.88. The minimum Gasteiger partial charge on any atom is -0.481 e. The number of morpholine rings is 1. The molecular weight excluding hydrogens is 300 g/mol. The number of amides is 1. The van der Waals surface area contributed by atoms with E-state index >= 15 is 0 Å². The minimum absolute atomic E-state index is 0.0118. The summed E-state index contributed by atoms with van der Waals surface area (Å²) in [4.78, 5) is 23.9. The van der Waals surface area contributed by atoms with Gasteiger partial charge < -0.3 is 14.7 Å². The Morgan fingerprint density at radius 3 is 2.38 bits per heavy atom. The van der Waals surface area contributed by atoms with Gasteiger partial charge in [-0.25, -0.2) is 8.42 Å². The van der Waals surface area contributed by atoms with Crippen molar-refractivity contribution in [2.45, 2.75) is 12.8 Å². The van der Waals surface area contributed by atoms with Gasteiger partial charge in [-0.1, -0.05) is 0 Å². The van der Waals surface area contributed by atoms with Crippen LogP contribution in [0.3, 0.4) is 0 Å². The quantitative estimate of drug-likeness (QED) is 0.671. The first-order valence-corrected chi connectivity index (χ1v) is 8.54. The van der Waals surface area contributed by atoms with E-state index in [1.165, 1.54) is 9.21 Å². The lowest BCUT2D eigenvalue weighted by Gasteiger charge is -2.38. The molecule has 0 aromatic carbocycles. The topological polar surface area (TPSA) is 104 Å². The molecule has 2 heterocycles. The molecule has 0 spiro atoms. The summed E-state index contributed by atoms with van der Waals surface area (Å²) in [5.41, 5.74) is 0. The van der Waals surface area contributed by atoms with Gasteiger partial charge in [0, 0.05) is 38.5 Å². The lowest BCUT2D eigenvalue weighted by atomic mass is 9.96. The summed E-state index contributed by atoms with van der Waals surface area (Å²) in [6, 6.07) is 0. The molecule has 1 N–H and O–H groups in total. The molecule has 0 bridgehead atoms.